The lowest BCUT2D eigenvalue weighted by molar-refractivity contribution is -0.109. The molecule has 1 N–H and O–H groups in total. The molecule has 5 rings (SSSR count). The molecule has 4 fully saturated rings. The highest BCUT2D eigenvalue weighted by atomic mass is 16.5. The van der Waals surface area contributed by atoms with Gasteiger partial charge in [-0.05, 0) is 67.2 Å². The first kappa shape index (κ1) is 12.5. The Morgan fingerprint density at radius 1 is 1.20 bits per heavy atom. The van der Waals surface area contributed by atoms with E-state index in [4.69, 9.17) is 4.74 Å². The van der Waals surface area contributed by atoms with Gasteiger partial charge in [0.15, 0.2) is 0 Å². The summed E-state index contributed by atoms with van der Waals surface area (Å²) in [5.74, 6) is 1.85. The summed E-state index contributed by atoms with van der Waals surface area (Å²) in [5.41, 5.74) is 2.40. The third-order valence-electron chi connectivity index (χ3n) is 6.09. The highest BCUT2D eigenvalue weighted by molar-refractivity contribution is 5.47. The quantitative estimate of drug-likeness (QED) is 0.828. The monoisotopic (exact) mass is 270 g/mol. The summed E-state index contributed by atoms with van der Waals surface area (Å²) in [6.07, 6.45) is 5.98. The summed E-state index contributed by atoms with van der Waals surface area (Å²) in [4.78, 5) is 0. The number of aromatic hydroxyl groups is 1. The van der Waals surface area contributed by atoms with Gasteiger partial charge in [0.1, 0.15) is 5.75 Å². The smallest absolute Gasteiger partial charge is 0.115 e. The Balaban J connectivity index is 1.87. The molecule has 1 aromatic rings. The lowest BCUT2D eigenvalue weighted by Gasteiger charge is -2.63. The molecule has 1 aromatic carbocycles. The molecule has 4 aliphatic carbocycles. The maximum Gasteiger partial charge on any atom is 0.115 e. The van der Waals surface area contributed by atoms with Crippen LogP contribution < -0.4 is 0 Å². The van der Waals surface area contributed by atoms with Crippen molar-refractivity contribution in [1.29, 1.82) is 0 Å². The van der Waals surface area contributed by atoms with Gasteiger partial charge in [-0.3, -0.25) is 0 Å². The van der Waals surface area contributed by atoms with E-state index in [1.165, 1.54) is 30.4 Å². The number of rotatable bonds is 2. The zero-order valence-electron chi connectivity index (χ0n) is 12.1. The van der Waals surface area contributed by atoms with Crippen LogP contribution in [0.4, 0.5) is 0 Å². The van der Waals surface area contributed by atoms with Crippen LogP contribution in [0.1, 0.15) is 37.7 Å². The second-order valence-electron chi connectivity index (χ2n) is 7.09. The van der Waals surface area contributed by atoms with Crippen molar-refractivity contribution in [3.8, 4) is 5.75 Å². The van der Waals surface area contributed by atoms with Crippen LogP contribution in [-0.4, -0.2) is 17.8 Å². The fourth-order valence-electron chi connectivity index (χ4n) is 5.47. The van der Waals surface area contributed by atoms with E-state index in [0.717, 1.165) is 24.7 Å². The zero-order valence-corrected chi connectivity index (χ0v) is 12.1. The summed E-state index contributed by atoms with van der Waals surface area (Å²) < 4.78 is 5.98. The largest absolute Gasteiger partial charge is 0.508 e. The fourth-order valence-corrected chi connectivity index (χ4v) is 5.47. The van der Waals surface area contributed by atoms with Crippen molar-refractivity contribution in [2.45, 2.75) is 43.1 Å². The van der Waals surface area contributed by atoms with E-state index < -0.39 is 0 Å². The molecule has 2 unspecified atom stereocenters. The molecule has 0 saturated heterocycles. The van der Waals surface area contributed by atoms with E-state index in [2.05, 4.69) is 12.6 Å². The third kappa shape index (κ3) is 1.43. The van der Waals surface area contributed by atoms with Gasteiger partial charge in [-0.25, -0.2) is 0 Å². The number of phenols is 1. The molecule has 2 atom stereocenters. The van der Waals surface area contributed by atoms with Crippen molar-refractivity contribution in [2.24, 2.45) is 11.8 Å². The van der Waals surface area contributed by atoms with Crippen molar-refractivity contribution in [3.05, 3.63) is 42.0 Å². The lowest BCUT2D eigenvalue weighted by atomic mass is 9.44. The summed E-state index contributed by atoms with van der Waals surface area (Å²) in [7, 11) is 1.84. The Hall–Kier alpha value is -1.28. The van der Waals surface area contributed by atoms with Crippen LogP contribution in [0.5, 0.6) is 5.75 Å². The fraction of sp³-hybridized carbons (Fsp3) is 0.556. The van der Waals surface area contributed by atoms with Gasteiger partial charge >= 0.3 is 0 Å². The SMILES string of the molecule is C=C1C2(OC)CC3CC(C2)CC1(c1cccc(O)c1)C3. The number of benzene rings is 1. The average Bonchev–Trinajstić information content (AvgIpc) is 2.44. The maximum absolute atomic E-state index is 9.86. The maximum atomic E-state index is 9.86. The first-order valence-corrected chi connectivity index (χ1v) is 7.62. The molecule has 0 spiro atoms. The molecular weight excluding hydrogens is 248 g/mol. The summed E-state index contributed by atoms with van der Waals surface area (Å²) in [6.45, 7) is 4.47. The Labute approximate surface area is 120 Å². The van der Waals surface area contributed by atoms with Gasteiger partial charge in [0.25, 0.3) is 0 Å². The Morgan fingerprint density at radius 2 is 1.90 bits per heavy atom. The van der Waals surface area contributed by atoms with E-state index in [9.17, 15) is 5.11 Å². The number of ether oxygens (including phenoxy) is 1. The second-order valence-corrected chi connectivity index (χ2v) is 7.09. The summed E-state index contributed by atoms with van der Waals surface area (Å²) in [5, 5.41) is 9.86. The van der Waals surface area contributed by atoms with Gasteiger partial charge in [-0.2, -0.15) is 0 Å². The molecule has 2 nitrogen and oxygen atoms in total. The van der Waals surface area contributed by atoms with Crippen LogP contribution in [0.15, 0.2) is 36.4 Å². The number of phenolic OH excluding ortho intramolecular Hbond substituents is 1. The summed E-state index contributed by atoms with van der Waals surface area (Å²) >= 11 is 0. The molecule has 4 bridgehead atoms. The van der Waals surface area contributed by atoms with Gasteiger partial charge in [0, 0.05) is 12.5 Å². The summed E-state index contributed by atoms with van der Waals surface area (Å²) in [6, 6.07) is 7.79. The minimum Gasteiger partial charge on any atom is -0.508 e. The standard InChI is InChI=1S/C18H22O2/c1-12-17(15-4-3-5-16(19)7-15)8-13-6-14(9-17)11-18(12,10-13)20-2/h3-5,7,13-14,19H,1,6,8-11H2,2H3. The lowest BCUT2D eigenvalue weighted by Crippen LogP contribution is -2.59. The van der Waals surface area contributed by atoms with Crippen LogP contribution in [-0.2, 0) is 10.2 Å². The van der Waals surface area contributed by atoms with Crippen molar-refractivity contribution in [3.63, 3.8) is 0 Å². The molecule has 0 aromatic heterocycles. The first-order chi connectivity index (χ1) is 9.58. The van der Waals surface area contributed by atoms with Crippen LogP contribution in [0.3, 0.4) is 0 Å². The topological polar surface area (TPSA) is 29.5 Å². The predicted molar refractivity (Wildman–Crippen MR) is 78.7 cm³/mol. The van der Waals surface area contributed by atoms with E-state index in [1.807, 2.05) is 19.2 Å². The highest BCUT2D eigenvalue weighted by Crippen LogP contribution is 2.65. The molecule has 106 valence electrons. The second kappa shape index (κ2) is 3.88. The van der Waals surface area contributed by atoms with Gasteiger partial charge in [-0.15, -0.1) is 0 Å². The van der Waals surface area contributed by atoms with Crippen molar-refractivity contribution < 1.29 is 9.84 Å². The molecule has 4 aliphatic rings. The van der Waals surface area contributed by atoms with Crippen LogP contribution in [0, 0.1) is 11.8 Å². The molecule has 0 radical (unpaired) electrons. The minimum absolute atomic E-state index is 0.0266. The number of hydrogen-bond acceptors (Lipinski definition) is 2. The molecule has 0 amide bonds. The van der Waals surface area contributed by atoms with Crippen molar-refractivity contribution >= 4 is 0 Å². The van der Waals surface area contributed by atoms with Crippen molar-refractivity contribution in [1.82, 2.24) is 0 Å². The molecule has 20 heavy (non-hydrogen) atoms. The first-order valence-electron chi connectivity index (χ1n) is 7.62. The number of hydrogen-bond donors (Lipinski definition) is 1. The molecular formula is C18H22O2. The van der Waals surface area contributed by atoms with E-state index in [-0.39, 0.29) is 11.0 Å². The van der Waals surface area contributed by atoms with E-state index in [1.54, 1.807) is 6.07 Å². The Morgan fingerprint density at radius 3 is 2.50 bits per heavy atom. The third-order valence-corrected chi connectivity index (χ3v) is 6.09. The normalized spacial score (nSPS) is 42.1. The molecule has 0 heterocycles. The van der Waals surface area contributed by atoms with Crippen LogP contribution >= 0.6 is 0 Å². The van der Waals surface area contributed by atoms with E-state index in [0.29, 0.717) is 5.75 Å². The van der Waals surface area contributed by atoms with Gasteiger partial charge in [0.2, 0.25) is 0 Å². The molecule has 4 saturated carbocycles. The Bertz CT molecular complexity index is 561. The zero-order chi connectivity index (χ0) is 14.0. The Kier molecular flexibility index (Phi) is 2.42. The van der Waals surface area contributed by atoms with Crippen LogP contribution in [0.25, 0.3) is 0 Å². The van der Waals surface area contributed by atoms with Gasteiger partial charge < -0.3 is 9.84 Å². The average molecular weight is 270 g/mol. The number of methoxy groups -OCH3 is 1. The molecule has 2 heteroatoms. The predicted octanol–water partition coefficient (Wildman–Crippen LogP) is 3.80. The van der Waals surface area contributed by atoms with Crippen LogP contribution in [0.2, 0.25) is 0 Å². The highest BCUT2D eigenvalue weighted by Gasteiger charge is 2.61. The minimum atomic E-state index is -0.116. The van der Waals surface area contributed by atoms with E-state index >= 15 is 0 Å². The molecule has 0 aliphatic heterocycles. The van der Waals surface area contributed by atoms with Crippen molar-refractivity contribution in [2.75, 3.05) is 7.11 Å². The van der Waals surface area contributed by atoms with Gasteiger partial charge in [0.05, 0.1) is 5.60 Å². The van der Waals surface area contributed by atoms with Gasteiger partial charge in [-0.1, -0.05) is 18.7 Å².